The van der Waals surface area contributed by atoms with Crippen molar-refractivity contribution < 1.29 is 9.59 Å². The first-order valence-corrected chi connectivity index (χ1v) is 11.0. The van der Waals surface area contributed by atoms with Crippen LogP contribution in [0.2, 0.25) is 0 Å². The first-order valence-electron chi connectivity index (χ1n) is 10.2. The normalized spacial score (nSPS) is 13.8. The fourth-order valence-electron chi connectivity index (χ4n) is 3.97. The summed E-state index contributed by atoms with van der Waals surface area (Å²) in [4.78, 5) is 26.2. The third-order valence-corrected chi connectivity index (χ3v) is 6.69. The summed E-state index contributed by atoms with van der Waals surface area (Å²) < 4.78 is 0. The Balaban J connectivity index is 1.54. The van der Waals surface area contributed by atoms with Gasteiger partial charge >= 0.3 is 0 Å². The van der Waals surface area contributed by atoms with Crippen LogP contribution >= 0.6 is 11.3 Å². The highest BCUT2D eigenvalue weighted by Crippen LogP contribution is 2.38. The van der Waals surface area contributed by atoms with Crippen LogP contribution in [-0.2, 0) is 17.6 Å². The Morgan fingerprint density at radius 1 is 0.967 bits per heavy atom. The number of benzene rings is 2. The summed E-state index contributed by atoms with van der Waals surface area (Å²) in [6, 6.07) is 19.5. The van der Waals surface area contributed by atoms with E-state index in [4.69, 9.17) is 5.73 Å². The average Bonchev–Trinajstić information content (AvgIpc) is 3.33. The smallest absolute Gasteiger partial charge is 0.251 e. The Kier molecular flexibility index (Phi) is 5.97. The molecule has 5 nitrogen and oxygen atoms in total. The highest BCUT2D eigenvalue weighted by molar-refractivity contribution is 7.17. The van der Waals surface area contributed by atoms with Crippen LogP contribution in [0.5, 0.6) is 0 Å². The Bertz CT molecular complexity index is 1010. The van der Waals surface area contributed by atoms with Crippen molar-refractivity contribution in [1.82, 2.24) is 5.32 Å². The van der Waals surface area contributed by atoms with Gasteiger partial charge in [-0.3, -0.25) is 14.9 Å². The molecule has 2 aromatic carbocycles. The van der Waals surface area contributed by atoms with E-state index in [1.807, 2.05) is 67.6 Å². The zero-order chi connectivity index (χ0) is 21.1. The van der Waals surface area contributed by atoms with Crippen molar-refractivity contribution in [3.8, 4) is 0 Å². The first kappa shape index (κ1) is 20.3. The van der Waals surface area contributed by atoms with E-state index >= 15 is 0 Å². The largest absolute Gasteiger partial charge is 0.365 e. The second-order valence-corrected chi connectivity index (χ2v) is 8.66. The van der Waals surface area contributed by atoms with Crippen molar-refractivity contribution in [3.05, 3.63) is 87.8 Å². The molecule has 4 N–H and O–H groups in total. The van der Waals surface area contributed by atoms with Gasteiger partial charge in [0.25, 0.3) is 5.91 Å². The maximum Gasteiger partial charge on any atom is 0.251 e. The molecule has 0 unspecified atom stereocenters. The van der Waals surface area contributed by atoms with E-state index in [1.54, 1.807) is 0 Å². The standard InChI is InChI=1S/C24H25N3O2S/c1-15(23(29)27-24-20(22(25)28)18-13-8-14-19(18)30-24)26-21(16-9-4-2-5-10-16)17-11-6-3-7-12-17/h2-7,9-12,15,21,26H,8,13-14H2,1H3,(H2,25,28)(H,27,29)/t15-/m1/s1. The van der Waals surface area contributed by atoms with Crippen LogP contribution in [0, 0.1) is 0 Å². The molecule has 1 atom stereocenters. The molecule has 2 amide bonds. The number of thiophene rings is 1. The lowest BCUT2D eigenvalue weighted by Gasteiger charge is -2.24. The molecule has 6 heteroatoms. The third-order valence-electron chi connectivity index (χ3n) is 5.48. The molecule has 0 saturated heterocycles. The topological polar surface area (TPSA) is 84.2 Å². The van der Waals surface area contributed by atoms with Crippen LogP contribution in [0.4, 0.5) is 5.00 Å². The van der Waals surface area contributed by atoms with E-state index in [1.165, 1.54) is 11.3 Å². The lowest BCUT2D eigenvalue weighted by atomic mass is 9.98. The van der Waals surface area contributed by atoms with E-state index in [9.17, 15) is 9.59 Å². The van der Waals surface area contributed by atoms with E-state index in [0.717, 1.165) is 40.8 Å². The molecular weight excluding hydrogens is 394 g/mol. The van der Waals surface area contributed by atoms with Crippen LogP contribution in [0.1, 0.15) is 51.3 Å². The van der Waals surface area contributed by atoms with Crippen LogP contribution in [-0.4, -0.2) is 17.9 Å². The summed E-state index contributed by atoms with van der Waals surface area (Å²) in [7, 11) is 0. The van der Waals surface area contributed by atoms with Gasteiger partial charge in [0.15, 0.2) is 0 Å². The fourth-order valence-corrected chi connectivity index (χ4v) is 5.27. The fraction of sp³-hybridized carbons (Fsp3) is 0.250. The minimum atomic E-state index is -0.479. The van der Waals surface area contributed by atoms with Gasteiger partial charge in [-0.2, -0.15) is 0 Å². The number of anilines is 1. The molecule has 1 aromatic heterocycles. The number of hydrogen-bond acceptors (Lipinski definition) is 4. The van der Waals surface area contributed by atoms with Crippen molar-refractivity contribution in [2.75, 3.05) is 5.32 Å². The van der Waals surface area contributed by atoms with E-state index < -0.39 is 11.9 Å². The minimum absolute atomic E-state index is 0.128. The Morgan fingerprint density at radius 3 is 2.13 bits per heavy atom. The summed E-state index contributed by atoms with van der Waals surface area (Å²) in [6.07, 6.45) is 2.81. The number of hydrogen-bond donors (Lipinski definition) is 3. The van der Waals surface area contributed by atoms with Crippen LogP contribution in [0.3, 0.4) is 0 Å². The number of carbonyl (C=O) groups excluding carboxylic acids is 2. The second-order valence-electron chi connectivity index (χ2n) is 7.56. The molecule has 0 saturated carbocycles. The average molecular weight is 420 g/mol. The molecule has 0 aliphatic heterocycles. The van der Waals surface area contributed by atoms with Gasteiger partial charge in [-0.25, -0.2) is 0 Å². The van der Waals surface area contributed by atoms with E-state index in [2.05, 4.69) is 10.6 Å². The summed E-state index contributed by atoms with van der Waals surface area (Å²) in [5.74, 6) is -0.661. The molecule has 0 fully saturated rings. The molecule has 0 radical (unpaired) electrons. The van der Waals surface area contributed by atoms with Gasteiger partial charge in [0, 0.05) is 4.88 Å². The van der Waals surface area contributed by atoms with Gasteiger partial charge < -0.3 is 11.1 Å². The predicted molar refractivity (Wildman–Crippen MR) is 121 cm³/mol. The number of primary amides is 1. The molecule has 1 aliphatic rings. The minimum Gasteiger partial charge on any atom is -0.365 e. The number of rotatable bonds is 7. The van der Waals surface area contributed by atoms with Gasteiger partial charge in [-0.1, -0.05) is 60.7 Å². The lowest BCUT2D eigenvalue weighted by Crippen LogP contribution is -2.40. The number of fused-ring (bicyclic) bond motifs is 1. The van der Waals surface area contributed by atoms with Gasteiger partial charge in [0.05, 0.1) is 17.6 Å². The third kappa shape index (κ3) is 4.15. The zero-order valence-corrected chi connectivity index (χ0v) is 17.7. The molecule has 1 aliphatic carbocycles. The molecule has 4 rings (SSSR count). The second kappa shape index (κ2) is 8.81. The summed E-state index contributed by atoms with van der Waals surface area (Å²) in [6.45, 7) is 1.83. The summed E-state index contributed by atoms with van der Waals surface area (Å²) in [5.41, 5.74) is 9.27. The monoisotopic (exact) mass is 419 g/mol. The number of aryl methyl sites for hydroxylation is 1. The van der Waals surface area contributed by atoms with Crippen molar-refractivity contribution in [2.45, 2.75) is 38.3 Å². The molecule has 3 aromatic rings. The Labute approximate surface area is 180 Å². The van der Waals surface area contributed by atoms with Crippen LogP contribution < -0.4 is 16.4 Å². The van der Waals surface area contributed by atoms with E-state index in [-0.39, 0.29) is 11.9 Å². The maximum absolute atomic E-state index is 13.0. The quantitative estimate of drug-likeness (QED) is 0.540. The van der Waals surface area contributed by atoms with Crippen LogP contribution in [0.15, 0.2) is 60.7 Å². The van der Waals surface area contributed by atoms with Gasteiger partial charge in [-0.15, -0.1) is 11.3 Å². The first-order chi connectivity index (χ1) is 14.5. The highest BCUT2D eigenvalue weighted by Gasteiger charge is 2.28. The summed E-state index contributed by atoms with van der Waals surface area (Å²) >= 11 is 1.47. The highest BCUT2D eigenvalue weighted by atomic mass is 32.1. The van der Waals surface area contributed by atoms with E-state index in [0.29, 0.717) is 10.6 Å². The molecule has 0 spiro atoms. The lowest BCUT2D eigenvalue weighted by molar-refractivity contribution is -0.117. The Hall–Kier alpha value is -2.96. The number of nitrogens with two attached hydrogens (primary N) is 1. The molecule has 154 valence electrons. The molecular formula is C24H25N3O2S. The zero-order valence-electron chi connectivity index (χ0n) is 16.9. The number of nitrogens with one attached hydrogen (secondary N) is 2. The van der Waals surface area contributed by atoms with Crippen molar-refractivity contribution in [1.29, 1.82) is 0 Å². The van der Waals surface area contributed by atoms with Gasteiger partial charge in [0.2, 0.25) is 5.91 Å². The number of carbonyl (C=O) groups is 2. The van der Waals surface area contributed by atoms with Crippen LogP contribution in [0.25, 0.3) is 0 Å². The number of amides is 2. The SMILES string of the molecule is C[C@@H](NC(c1ccccc1)c1ccccc1)C(=O)Nc1sc2c(c1C(N)=O)CCC2. The van der Waals surface area contributed by atoms with Crippen molar-refractivity contribution in [2.24, 2.45) is 5.73 Å². The van der Waals surface area contributed by atoms with Gasteiger partial charge in [0.1, 0.15) is 5.00 Å². The van der Waals surface area contributed by atoms with Crippen molar-refractivity contribution in [3.63, 3.8) is 0 Å². The Morgan fingerprint density at radius 2 is 1.57 bits per heavy atom. The molecule has 0 bridgehead atoms. The summed E-state index contributed by atoms with van der Waals surface area (Å²) in [5, 5.41) is 6.96. The molecule has 30 heavy (non-hydrogen) atoms. The predicted octanol–water partition coefficient (Wildman–Crippen LogP) is 4.04. The molecule has 1 heterocycles. The maximum atomic E-state index is 13.0. The van der Waals surface area contributed by atoms with Crippen molar-refractivity contribution >= 4 is 28.2 Å². The van der Waals surface area contributed by atoms with Gasteiger partial charge in [-0.05, 0) is 42.9 Å².